The number of hydrogen-bond donors (Lipinski definition) is 1. The Balaban J connectivity index is 4.37. The van der Waals surface area contributed by atoms with Crippen LogP contribution < -0.4 is 0 Å². The summed E-state index contributed by atoms with van der Waals surface area (Å²) in [6, 6.07) is 0. The summed E-state index contributed by atoms with van der Waals surface area (Å²) in [7, 11) is -0.714. The average molecular weight is 716 g/mol. The van der Waals surface area contributed by atoms with Crippen LogP contribution in [0.25, 0.3) is 0 Å². The highest BCUT2D eigenvalue weighted by Gasteiger charge is 2.26. The van der Waals surface area contributed by atoms with Gasteiger partial charge in [-0.05, 0) is 59.0 Å². The van der Waals surface area contributed by atoms with Gasteiger partial charge < -0.3 is 19.3 Å². The molecule has 0 saturated heterocycles. The zero-order chi connectivity index (χ0) is 36.3. The maximum Gasteiger partial charge on any atom is 0.472 e. The fourth-order valence-corrected chi connectivity index (χ4v) is 5.93. The summed E-state index contributed by atoms with van der Waals surface area (Å²) in [6.45, 7) is 4.26. The molecule has 10 heteroatoms. The average Bonchev–Trinajstić information content (AvgIpc) is 3.06. The van der Waals surface area contributed by atoms with Crippen LogP contribution in [-0.4, -0.2) is 68.3 Å². The van der Waals surface area contributed by atoms with Crippen molar-refractivity contribution in [3.8, 4) is 0 Å². The van der Waals surface area contributed by atoms with E-state index in [2.05, 4.69) is 38.2 Å². The number of hydrogen-bond acceptors (Lipinski definition) is 8. The van der Waals surface area contributed by atoms with Gasteiger partial charge >= 0.3 is 19.8 Å². The van der Waals surface area contributed by atoms with E-state index in [1.807, 2.05) is 19.0 Å². The molecule has 0 aliphatic heterocycles. The van der Waals surface area contributed by atoms with Crippen LogP contribution in [0.5, 0.6) is 0 Å². The molecule has 0 aromatic rings. The predicted molar refractivity (Wildman–Crippen MR) is 202 cm³/mol. The fourth-order valence-electron chi connectivity index (χ4n) is 5.19. The van der Waals surface area contributed by atoms with E-state index in [-0.39, 0.29) is 32.0 Å². The van der Waals surface area contributed by atoms with Gasteiger partial charge in [0.25, 0.3) is 0 Å². The van der Waals surface area contributed by atoms with Crippen LogP contribution in [-0.2, 0) is 32.7 Å². The Bertz CT molecular complexity index is 879. The fraction of sp³-hybridized carbons (Fsp3) is 0.846. The summed E-state index contributed by atoms with van der Waals surface area (Å²) >= 11 is 0. The smallest absolute Gasteiger partial charge is 0.462 e. The van der Waals surface area contributed by atoms with Gasteiger partial charge in [-0.3, -0.25) is 18.6 Å². The Morgan fingerprint density at radius 3 is 1.65 bits per heavy atom. The van der Waals surface area contributed by atoms with Gasteiger partial charge in [0.2, 0.25) is 0 Å². The van der Waals surface area contributed by atoms with Crippen LogP contribution >= 0.6 is 7.82 Å². The van der Waals surface area contributed by atoms with Gasteiger partial charge in [0.15, 0.2) is 6.10 Å². The third-order valence-corrected chi connectivity index (χ3v) is 9.25. The Morgan fingerprint density at radius 2 is 1.10 bits per heavy atom. The van der Waals surface area contributed by atoms with E-state index in [1.54, 1.807) is 0 Å². The van der Waals surface area contributed by atoms with Crippen molar-refractivity contribution in [3.05, 3.63) is 24.3 Å². The Labute approximate surface area is 300 Å². The standard InChI is InChI=1S/C39H74NO8P/c1-5-7-9-11-13-15-17-18-19-20-22-24-26-28-30-32-39(42)48-37(36-47-49(43,44)46-34-33-40(3)4)35-45-38(41)31-29-27-25-23-21-16-14-12-10-8-6-2/h13,15,18-19,37H,5-12,14,16-17,20-36H2,1-4H3,(H,43,44)/b15-13-,19-18-. The minimum absolute atomic E-state index is 0.00595. The van der Waals surface area contributed by atoms with Crippen LogP contribution in [0.1, 0.15) is 168 Å². The van der Waals surface area contributed by atoms with E-state index in [1.165, 1.54) is 77.0 Å². The van der Waals surface area contributed by atoms with Gasteiger partial charge in [0.1, 0.15) is 6.61 Å². The van der Waals surface area contributed by atoms with E-state index in [4.69, 9.17) is 18.5 Å². The van der Waals surface area contributed by atoms with Crippen LogP contribution in [0.3, 0.4) is 0 Å². The first-order valence-electron chi connectivity index (χ1n) is 19.6. The molecule has 0 fully saturated rings. The molecule has 0 heterocycles. The minimum Gasteiger partial charge on any atom is -0.462 e. The minimum atomic E-state index is -4.35. The molecule has 0 spiro atoms. The molecule has 9 nitrogen and oxygen atoms in total. The number of ether oxygens (including phenoxy) is 2. The monoisotopic (exact) mass is 716 g/mol. The highest BCUT2D eigenvalue weighted by molar-refractivity contribution is 7.47. The van der Waals surface area contributed by atoms with E-state index in [0.29, 0.717) is 13.0 Å². The number of phosphoric acid groups is 1. The predicted octanol–water partition coefficient (Wildman–Crippen LogP) is 10.7. The number of likely N-dealkylation sites (N-methyl/N-ethyl adjacent to an activating group) is 1. The number of phosphoric ester groups is 1. The highest BCUT2D eigenvalue weighted by atomic mass is 31.2. The summed E-state index contributed by atoms with van der Waals surface area (Å²) in [4.78, 5) is 36.8. The molecule has 0 saturated carbocycles. The van der Waals surface area contributed by atoms with Crippen molar-refractivity contribution < 1.29 is 37.6 Å². The van der Waals surface area contributed by atoms with Crippen LogP contribution in [0, 0.1) is 0 Å². The molecule has 0 rings (SSSR count). The van der Waals surface area contributed by atoms with Crippen molar-refractivity contribution in [2.24, 2.45) is 0 Å². The molecule has 0 aromatic heterocycles. The Kier molecular flexibility index (Phi) is 33.8. The van der Waals surface area contributed by atoms with Gasteiger partial charge in [-0.1, -0.05) is 134 Å². The third-order valence-electron chi connectivity index (χ3n) is 8.26. The Hall–Kier alpha value is -1.51. The lowest BCUT2D eigenvalue weighted by Crippen LogP contribution is -2.29. The van der Waals surface area contributed by atoms with Gasteiger partial charge in [-0.2, -0.15) is 0 Å². The second-order valence-electron chi connectivity index (χ2n) is 13.5. The van der Waals surface area contributed by atoms with E-state index < -0.39 is 26.5 Å². The molecule has 0 amide bonds. The molecule has 0 bridgehead atoms. The molecule has 0 radical (unpaired) electrons. The molecule has 49 heavy (non-hydrogen) atoms. The molecule has 288 valence electrons. The normalized spacial score (nSPS) is 13.8. The number of allylic oxidation sites excluding steroid dienone is 4. The van der Waals surface area contributed by atoms with Crippen molar-refractivity contribution in [2.45, 2.75) is 174 Å². The summed E-state index contributed by atoms with van der Waals surface area (Å²) in [6.07, 6.45) is 33.6. The number of carbonyl (C=O) groups excluding carboxylic acids is 2. The molecule has 0 aliphatic rings. The number of carbonyl (C=O) groups is 2. The van der Waals surface area contributed by atoms with Gasteiger partial charge in [0.05, 0.1) is 13.2 Å². The first kappa shape index (κ1) is 47.5. The van der Waals surface area contributed by atoms with Crippen molar-refractivity contribution in [2.75, 3.05) is 40.5 Å². The number of nitrogens with zero attached hydrogens (tertiary/aromatic N) is 1. The third kappa shape index (κ3) is 36.1. The van der Waals surface area contributed by atoms with Crippen LogP contribution in [0.15, 0.2) is 24.3 Å². The van der Waals surface area contributed by atoms with Gasteiger partial charge in [-0.25, -0.2) is 4.57 Å². The molecular formula is C39H74NO8P. The van der Waals surface area contributed by atoms with Crippen molar-refractivity contribution in [3.63, 3.8) is 0 Å². The second kappa shape index (κ2) is 34.9. The molecule has 2 unspecified atom stereocenters. The topological polar surface area (TPSA) is 112 Å². The molecule has 1 N–H and O–H groups in total. The van der Waals surface area contributed by atoms with E-state index >= 15 is 0 Å². The summed E-state index contributed by atoms with van der Waals surface area (Å²) in [5, 5.41) is 0. The van der Waals surface area contributed by atoms with E-state index in [9.17, 15) is 19.0 Å². The lowest BCUT2D eigenvalue weighted by atomic mass is 10.1. The number of rotatable bonds is 36. The first-order chi connectivity index (χ1) is 23.7. The van der Waals surface area contributed by atoms with Crippen LogP contribution in [0.2, 0.25) is 0 Å². The largest absolute Gasteiger partial charge is 0.472 e. The summed E-state index contributed by atoms with van der Waals surface area (Å²) < 4.78 is 33.3. The quantitative estimate of drug-likeness (QED) is 0.0293. The lowest BCUT2D eigenvalue weighted by molar-refractivity contribution is -0.161. The molecular weight excluding hydrogens is 641 g/mol. The van der Waals surface area contributed by atoms with Gasteiger partial charge in [0, 0.05) is 19.4 Å². The van der Waals surface area contributed by atoms with E-state index in [0.717, 1.165) is 57.8 Å². The SMILES string of the molecule is CCCCC/C=C\C/C=C\CCCCCCCC(=O)OC(COC(=O)CCCCCCCCCCCCC)COP(=O)(O)OCCN(C)C. The molecule has 0 aromatic carbocycles. The summed E-state index contributed by atoms with van der Waals surface area (Å²) in [5.74, 6) is -0.818. The number of esters is 2. The zero-order valence-electron chi connectivity index (χ0n) is 31.9. The molecule has 0 aliphatic carbocycles. The van der Waals surface area contributed by atoms with Crippen molar-refractivity contribution in [1.29, 1.82) is 0 Å². The van der Waals surface area contributed by atoms with Gasteiger partial charge in [-0.15, -0.1) is 0 Å². The second-order valence-corrected chi connectivity index (χ2v) is 14.9. The zero-order valence-corrected chi connectivity index (χ0v) is 32.8. The van der Waals surface area contributed by atoms with Crippen LogP contribution in [0.4, 0.5) is 0 Å². The highest BCUT2D eigenvalue weighted by Crippen LogP contribution is 2.43. The van der Waals surface area contributed by atoms with Crippen molar-refractivity contribution in [1.82, 2.24) is 4.90 Å². The lowest BCUT2D eigenvalue weighted by Gasteiger charge is -2.20. The maximum absolute atomic E-state index is 12.6. The maximum atomic E-state index is 12.6. The first-order valence-corrected chi connectivity index (χ1v) is 21.1. The summed E-state index contributed by atoms with van der Waals surface area (Å²) in [5.41, 5.74) is 0. The number of unbranched alkanes of at least 4 members (excludes halogenated alkanes) is 18. The molecule has 2 atom stereocenters. The Morgan fingerprint density at radius 1 is 0.633 bits per heavy atom. The van der Waals surface area contributed by atoms with Crippen molar-refractivity contribution >= 4 is 19.8 Å².